The number of aromatic nitrogens is 5. The first kappa shape index (κ1) is 8.96. The number of hydrogen-bond donors (Lipinski definition) is 1. The Morgan fingerprint density at radius 2 is 2.06 bits per heavy atom. The molecule has 2 heterocycles. The van der Waals surface area contributed by atoms with E-state index in [-0.39, 0.29) is 0 Å². The van der Waals surface area contributed by atoms with Crippen LogP contribution in [0.4, 0.5) is 0 Å². The monoisotopic (exact) mass is 212 g/mol. The average Bonchev–Trinajstić information content (AvgIpc) is 2.75. The zero-order valence-corrected chi connectivity index (χ0v) is 8.75. The Balaban J connectivity index is 2.31. The van der Waals surface area contributed by atoms with E-state index in [0.717, 1.165) is 16.5 Å². The fourth-order valence-corrected chi connectivity index (χ4v) is 1.70. The van der Waals surface area contributed by atoms with Gasteiger partial charge in [0, 0.05) is 11.6 Å². The standard InChI is InChI=1S/C11H9N5/c1-16-14-11(13-15-16)10-9-5-3-2-4-8(9)6-7-12-10/h2-7H,1H3/p+1. The second kappa shape index (κ2) is 3.37. The molecule has 0 saturated heterocycles. The largest absolute Gasteiger partial charge is 0.357 e. The molecule has 16 heavy (non-hydrogen) atoms. The Bertz CT molecular complexity index is 638. The second-order valence-electron chi connectivity index (χ2n) is 3.54. The molecule has 5 heteroatoms. The van der Waals surface area contributed by atoms with Crippen molar-refractivity contribution in [3.8, 4) is 11.5 Å². The van der Waals surface area contributed by atoms with Gasteiger partial charge in [0.2, 0.25) is 0 Å². The molecule has 0 spiro atoms. The number of H-pyrrole nitrogens is 1. The van der Waals surface area contributed by atoms with Crippen molar-refractivity contribution < 1.29 is 4.80 Å². The first-order chi connectivity index (χ1) is 7.84. The molecule has 0 atom stereocenters. The molecule has 0 fully saturated rings. The van der Waals surface area contributed by atoms with Crippen molar-refractivity contribution in [2.75, 3.05) is 0 Å². The number of benzene rings is 1. The number of fused-ring (bicyclic) bond motifs is 1. The van der Waals surface area contributed by atoms with Gasteiger partial charge in [0.15, 0.2) is 0 Å². The Morgan fingerprint density at radius 1 is 1.19 bits per heavy atom. The molecule has 0 saturated carbocycles. The summed E-state index contributed by atoms with van der Waals surface area (Å²) in [6, 6.07) is 10.0. The van der Waals surface area contributed by atoms with Gasteiger partial charge in [-0.15, -0.1) is 0 Å². The smallest absolute Gasteiger partial charge is 0.250 e. The predicted molar refractivity (Wildman–Crippen MR) is 58.3 cm³/mol. The van der Waals surface area contributed by atoms with Gasteiger partial charge in [-0.3, -0.25) is 0 Å². The fourth-order valence-electron chi connectivity index (χ4n) is 1.70. The van der Waals surface area contributed by atoms with E-state index in [0.29, 0.717) is 5.82 Å². The van der Waals surface area contributed by atoms with Crippen LogP contribution in [0.2, 0.25) is 0 Å². The minimum atomic E-state index is 0.610. The Hall–Kier alpha value is -2.30. The van der Waals surface area contributed by atoms with Crippen LogP contribution in [0.1, 0.15) is 0 Å². The van der Waals surface area contributed by atoms with E-state index in [9.17, 15) is 0 Å². The summed E-state index contributed by atoms with van der Waals surface area (Å²) in [6.45, 7) is 0. The number of rotatable bonds is 1. The highest BCUT2D eigenvalue weighted by atomic mass is 15.6. The van der Waals surface area contributed by atoms with Gasteiger partial charge in [0.25, 0.3) is 0 Å². The fraction of sp³-hybridized carbons (Fsp3) is 0.0909. The SMILES string of the molecule is C[n+]1nc(-c2nccc3ccccc23)n[nH]1. The third-order valence-electron chi connectivity index (χ3n) is 2.43. The molecule has 2 aromatic heterocycles. The van der Waals surface area contributed by atoms with Gasteiger partial charge in [-0.05, 0) is 21.8 Å². The summed E-state index contributed by atoms with van der Waals surface area (Å²) in [4.78, 5) is 5.89. The van der Waals surface area contributed by atoms with Crippen molar-refractivity contribution in [2.45, 2.75) is 0 Å². The molecule has 5 nitrogen and oxygen atoms in total. The number of aryl methyl sites for hydroxylation is 1. The van der Waals surface area contributed by atoms with Crippen molar-refractivity contribution in [3.63, 3.8) is 0 Å². The van der Waals surface area contributed by atoms with Crippen molar-refractivity contribution >= 4 is 10.8 Å². The van der Waals surface area contributed by atoms with Crippen LogP contribution in [0.15, 0.2) is 36.5 Å². The molecule has 3 rings (SSSR count). The third-order valence-corrected chi connectivity index (χ3v) is 2.43. The summed E-state index contributed by atoms with van der Waals surface area (Å²) < 4.78 is 0. The van der Waals surface area contributed by atoms with Gasteiger partial charge in [-0.25, -0.2) is 4.98 Å². The number of nitrogens with zero attached hydrogens (tertiary/aromatic N) is 4. The summed E-state index contributed by atoms with van der Waals surface area (Å²) >= 11 is 0. The Morgan fingerprint density at radius 3 is 2.88 bits per heavy atom. The molecule has 0 radical (unpaired) electrons. The normalized spacial score (nSPS) is 10.8. The molecule has 0 unspecified atom stereocenters. The Labute approximate surface area is 91.7 Å². The first-order valence-electron chi connectivity index (χ1n) is 4.97. The van der Waals surface area contributed by atoms with E-state index < -0.39 is 0 Å². The van der Waals surface area contributed by atoms with E-state index in [1.807, 2.05) is 30.3 Å². The molecule has 0 amide bonds. The molecule has 0 aliphatic rings. The number of tetrazole rings is 1. The van der Waals surface area contributed by atoms with E-state index >= 15 is 0 Å². The molecule has 78 valence electrons. The van der Waals surface area contributed by atoms with Crippen LogP contribution in [0.5, 0.6) is 0 Å². The van der Waals surface area contributed by atoms with Gasteiger partial charge in [0.1, 0.15) is 12.7 Å². The van der Waals surface area contributed by atoms with E-state index in [4.69, 9.17) is 0 Å². The van der Waals surface area contributed by atoms with Crippen molar-refractivity contribution in [1.29, 1.82) is 0 Å². The maximum atomic E-state index is 4.33. The predicted octanol–water partition coefficient (Wildman–Crippen LogP) is 0.844. The quantitative estimate of drug-likeness (QED) is 0.608. The van der Waals surface area contributed by atoms with Crippen molar-refractivity contribution in [1.82, 2.24) is 20.4 Å². The summed E-state index contributed by atoms with van der Waals surface area (Å²) in [6.07, 6.45) is 1.77. The molecule has 0 aliphatic heterocycles. The third kappa shape index (κ3) is 1.33. The lowest BCUT2D eigenvalue weighted by molar-refractivity contribution is -0.783. The van der Waals surface area contributed by atoms with Crippen LogP contribution < -0.4 is 4.80 Å². The van der Waals surface area contributed by atoms with Gasteiger partial charge in [-0.2, -0.15) is 0 Å². The van der Waals surface area contributed by atoms with Crippen LogP contribution >= 0.6 is 0 Å². The van der Waals surface area contributed by atoms with Gasteiger partial charge in [-0.1, -0.05) is 29.1 Å². The van der Waals surface area contributed by atoms with Gasteiger partial charge < -0.3 is 0 Å². The topological polar surface area (TPSA) is 58.3 Å². The maximum Gasteiger partial charge on any atom is 0.357 e. The van der Waals surface area contributed by atoms with E-state index in [1.54, 1.807) is 18.0 Å². The number of nitrogens with one attached hydrogen (secondary N) is 1. The molecule has 1 N–H and O–H groups in total. The average molecular weight is 212 g/mol. The molecular weight excluding hydrogens is 202 g/mol. The molecular formula is C11H10N5+. The lowest BCUT2D eigenvalue weighted by atomic mass is 10.1. The number of hydrogen-bond acceptors (Lipinski definition) is 3. The van der Waals surface area contributed by atoms with Crippen LogP contribution in [0.25, 0.3) is 22.3 Å². The van der Waals surface area contributed by atoms with Crippen LogP contribution in [0, 0.1) is 0 Å². The van der Waals surface area contributed by atoms with Gasteiger partial charge >= 0.3 is 5.82 Å². The molecule has 0 aliphatic carbocycles. The van der Waals surface area contributed by atoms with E-state index in [2.05, 4.69) is 20.4 Å². The highest BCUT2D eigenvalue weighted by molar-refractivity contribution is 5.92. The van der Waals surface area contributed by atoms with Gasteiger partial charge in [0.05, 0.1) is 5.10 Å². The molecule has 3 aromatic rings. The highest BCUT2D eigenvalue weighted by Crippen LogP contribution is 2.22. The molecule has 1 aromatic carbocycles. The maximum absolute atomic E-state index is 4.33. The number of pyridine rings is 1. The lowest BCUT2D eigenvalue weighted by Gasteiger charge is -1.98. The minimum Gasteiger partial charge on any atom is -0.250 e. The van der Waals surface area contributed by atoms with E-state index in [1.165, 1.54) is 0 Å². The van der Waals surface area contributed by atoms with Crippen molar-refractivity contribution in [3.05, 3.63) is 36.5 Å². The van der Waals surface area contributed by atoms with Crippen LogP contribution in [-0.2, 0) is 7.05 Å². The summed E-state index contributed by atoms with van der Waals surface area (Å²) in [7, 11) is 1.79. The van der Waals surface area contributed by atoms with Crippen molar-refractivity contribution in [2.24, 2.45) is 7.05 Å². The number of aromatic amines is 1. The van der Waals surface area contributed by atoms with Crippen LogP contribution in [-0.4, -0.2) is 20.4 Å². The highest BCUT2D eigenvalue weighted by Gasteiger charge is 2.15. The van der Waals surface area contributed by atoms with Crippen LogP contribution in [0.3, 0.4) is 0 Å². The summed E-state index contributed by atoms with van der Waals surface area (Å²) in [5, 5.41) is 13.3. The Kier molecular flexibility index (Phi) is 1.89. The molecule has 0 bridgehead atoms. The first-order valence-corrected chi connectivity index (χ1v) is 4.97. The zero-order valence-electron chi connectivity index (χ0n) is 8.75. The minimum absolute atomic E-state index is 0.610. The summed E-state index contributed by atoms with van der Waals surface area (Å²) in [5.74, 6) is 0.610. The second-order valence-corrected chi connectivity index (χ2v) is 3.54. The lowest BCUT2D eigenvalue weighted by Crippen LogP contribution is -2.33. The zero-order chi connectivity index (χ0) is 11.0. The summed E-state index contributed by atoms with van der Waals surface area (Å²) in [5.41, 5.74) is 0.801.